The highest BCUT2D eigenvalue weighted by Gasteiger charge is 2.26. The second-order valence-corrected chi connectivity index (χ2v) is 7.02. The van der Waals surface area contributed by atoms with Gasteiger partial charge in [-0.2, -0.15) is 0 Å². The van der Waals surface area contributed by atoms with Gasteiger partial charge in [0.1, 0.15) is 0 Å². The Labute approximate surface area is 154 Å². The van der Waals surface area contributed by atoms with Gasteiger partial charge in [-0.15, -0.1) is 24.2 Å². The van der Waals surface area contributed by atoms with Crippen LogP contribution in [0.5, 0.6) is 0 Å². The molecule has 0 aliphatic carbocycles. The molecule has 2 aromatic carbocycles. The lowest BCUT2D eigenvalue weighted by molar-refractivity contribution is 0.0788. The van der Waals surface area contributed by atoms with Crippen molar-refractivity contribution in [1.29, 1.82) is 0 Å². The third kappa shape index (κ3) is 4.76. The zero-order chi connectivity index (χ0) is 16.1. The molecule has 0 aromatic heterocycles. The largest absolute Gasteiger partial charge is 0.338 e. The Morgan fingerprint density at radius 3 is 2.50 bits per heavy atom. The van der Waals surface area contributed by atoms with Crippen LogP contribution in [0.3, 0.4) is 0 Å². The number of nitrogens with two attached hydrogens (primary N) is 1. The molecule has 2 aromatic rings. The van der Waals surface area contributed by atoms with Crippen LogP contribution < -0.4 is 5.73 Å². The van der Waals surface area contributed by atoms with Crippen molar-refractivity contribution >= 4 is 30.1 Å². The number of rotatable bonds is 5. The van der Waals surface area contributed by atoms with Crippen LogP contribution in [0, 0.1) is 5.92 Å². The summed E-state index contributed by atoms with van der Waals surface area (Å²) in [6, 6.07) is 18.1. The molecular formula is C19H23ClN2OS. The highest BCUT2D eigenvalue weighted by atomic mass is 35.5. The monoisotopic (exact) mass is 362 g/mol. The Bertz CT molecular complexity index is 648. The zero-order valence-corrected chi connectivity index (χ0v) is 15.2. The molecule has 3 rings (SSSR count). The summed E-state index contributed by atoms with van der Waals surface area (Å²) in [6.45, 7) is 2.23. The standard InChI is InChI=1S/C19H22N2OS.ClH/c20-12-15-6-8-17(9-7-15)19(22)21-11-10-16(13-21)14-23-18-4-2-1-3-5-18;/h1-9,16H,10-14,20H2;1H. The first-order valence-electron chi connectivity index (χ1n) is 8.02. The molecule has 1 aliphatic rings. The normalized spacial score (nSPS) is 16.7. The molecule has 1 atom stereocenters. The van der Waals surface area contributed by atoms with Crippen LogP contribution in [-0.2, 0) is 6.54 Å². The highest BCUT2D eigenvalue weighted by molar-refractivity contribution is 7.99. The Morgan fingerprint density at radius 2 is 1.83 bits per heavy atom. The van der Waals surface area contributed by atoms with E-state index in [1.54, 1.807) is 0 Å². The van der Waals surface area contributed by atoms with E-state index in [4.69, 9.17) is 5.73 Å². The maximum atomic E-state index is 12.6. The Morgan fingerprint density at radius 1 is 1.12 bits per heavy atom. The SMILES string of the molecule is Cl.NCc1ccc(C(=O)N2CCC(CSc3ccccc3)C2)cc1. The van der Waals surface area contributed by atoms with E-state index in [1.807, 2.05) is 47.0 Å². The van der Waals surface area contributed by atoms with Gasteiger partial charge >= 0.3 is 0 Å². The average Bonchev–Trinajstić information content (AvgIpc) is 3.09. The predicted molar refractivity (Wildman–Crippen MR) is 103 cm³/mol. The molecule has 1 heterocycles. The van der Waals surface area contributed by atoms with E-state index in [2.05, 4.69) is 24.3 Å². The van der Waals surface area contributed by atoms with Gasteiger partial charge in [-0.1, -0.05) is 30.3 Å². The molecular weight excluding hydrogens is 340 g/mol. The number of thioether (sulfide) groups is 1. The first-order valence-corrected chi connectivity index (χ1v) is 9.01. The molecule has 1 aliphatic heterocycles. The molecule has 1 amide bonds. The summed E-state index contributed by atoms with van der Waals surface area (Å²) in [5.74, 6) is 1.79. The molecule has 0 saturated carbocycles. The molecule has 24 heavy (non-hydrogen) atoms. The van der Waals surface area contributed by atoms with Gasteiger partial charge in [-0.25, -0.2) is 0 Å². The third-order valence-corrected chi connectivity index (χ3v) is 5.48. The lowest BCUT2D eigenvalue weighted by atomic mass is 10.1. The summed E-state index contributed by atoms with van der Waals surface area (Å²) in [7, 11) is 0. The van der Waals surface area contributed by atoms with Crippen molar-refractivity contribution in [2.24, 2.45) is 11.7 Å². The number of hydrogen-bond donors (Lipinski definition) is 1. The summed E-state index contributed by atoms with van der Waals surface area (Å²) < 4.78 is 0. The van der Waals surface area contributed by atoms with E-state index in [9.17, 15) is 4.79 Å². The van der Waals surface area contributed by atoms with Crippen LogP contribution in [0.1, 0.15) is 22.3 Å². The van der Waals surface area contributed by atoms with Crippen LogP contribution >= 0.6 is 24.2 Å². The van der Waals surface area contributed by atoms with Gasteiger partial charge in [-0.05, 0) is 42.2 Å². The molecule has 0 spiro atoms. The first-order chi connectivity index (χ1) is 11.3. The minimum atomic E-state index is 0. The molecule has 5 heteroatoms. The molecule has 128 valence electrons. The fourth-order valence-corrected chi connectivity index (χ4v) is 3.90. The average molecular weight is 363 g/mol. The molecule has 1 unspecified atom stereocenters. The van der Waals surface area contributed by atoms with Crippen molar-refractivity contribution in [1.82, 2.24) is 4.90 Å². The number of hydrogen-bond acceptors (Lipinski definition) is 3. The summed E-state index contributed by atoms with van der Waals surface area (Å²) >= 11 is 1.88. The number of halogens is 1. The fourth-order valence-electron chi connectivity index (χ4n) is 2.85. The number of carbonyl (C=O) groups excluding carboxylic acids is 1. The van der Waals surface area contributed by atoms with Crippen LogP contribution in [0.15, 0.2) is 59.5 Å². The van der Waals surface area contributed by atoms with Crippen LogP contribution in [0.2, 0.25) is 0 Å². The first kappa shape index (κ1) is 18.8. The fraction of sp³-hybridized carbons (Fsp3) is 0.316. The van der Waals surface area contributed by atoms with Crippen molar-refractivity contribution in [2.75, 3.05) is 18.8 Å². The van der Waals surface area contributed by atoms with Gasteiger partial charge in [0.2, 0.25) is 0 Å². The summed E-state index contributed by atoms with van der Waals surface area (Å²) in [5, 5.41) is 0. The minimum Gasteiger partial charge on any atom is -0.338 e. The second kappa shape index (κ2) is 9.11. The number of likely N-dealkylation sites (tertiary alicyclic amines) is 1. The van der Waals surface area contributed by atoms with Crippen LogP contribution in [0.4, 0.5) is 0 Å². The highest BCUT2D eigenvalue weighted by Crippen LogP contribution is 2.26. The van der Waals surface area contributed by atoms with Crippen LogP contribution in [-0.4, -0.2) is 29.6 Å². The number of carbonyl (C=O) groups is 1. The second-order valence-electron chi connectivity index (χ2n) is 5.93. The van der Waals surface area contributed by atoms with Gasteiger partial charge in [0, 0.05) is 35.8 Å². The Balaban J connectivity index is 0.00000208. The van der Waals surface area contributed by atoms with E-state index >= 15 is 0 Å². The summed E-state index contributed by atoms with van der Waals surface area (Å²) in [4.78, 5) is 15.8. The Hall–Kier alpha value is -1.49. The molecule has 1 fully saturated rings. The Kier molecular flexibility index (Phi) is 7.16. The summed E-state index contributed by atoms with van der Waals surface area (Å²) in [6.07, 6.45) is 1.09. The lowest BCUT2D eigenvalue weighted by Crippen LogP contribution is -2.29. The summed E-state index contributed by atoms with van der Waals surface area (Å²) in [5.41, 5.74) is 7.42. The molecule has 0 bridgehead atoms. The number of benzene rings is 2. The van der Waals surface area contributed by atoms with Crippen molar-refractivity contribution in [3.63, 3.8) is 0 Å². The maximum Gasteiger partial charge on any atom is 0.253 e. The van der Waals surface area contributed by atoms with Gasteiger partial charge in [-0.3, -0.25) is 4.79 Å². The predicted octanol–water partition coefficient (Wildman–Crippen LogP) is 3.82. The van der Waals surface area contributed by atoms with E-state index in [-0.39, 0.29) is 18.3 Å². The van der Waals surface area contributed by atoms with Gasteiger partial charge in [0.15, 0.2) is 0 Å². The quantitative estimate of drug-likeness (QED) is 0.822. The number of amides is 1. The van der Waals surface area contributed by atoms with E-state index in [1.165, 1.54) is 4.90 Å². The topological polar surface area (TPSA) is 46.3 Å². The molecule has 0 radical (unpaired) electrons. The van der Waals surface area contributed by atoms with E-state index < -0.39 is 0 Å². The molecule has 1 saturated heterocycles. The third-order valence-electron chi connectivity index (χ3n) is 4.24. The molecule has 2 N–H and O–H groups in total. The van der Waals surface area contributed by atoms with E-state index in [0.29, 0.717) is 12.5 Å². The van der Waals surface area contributed by atoms with Crippen LogP contribution in [0.25, 0.3) is 0 Å². The smallest absolute Gasteiger partial charge is 0.253 e. The van der Waals surface area contributed by atoms with Gasteiger partial charge in [0.25, 0.3) is 5.91 Å². The van der Waals surface area contributed by atoms with Crippen molar-refractivity contribution < 1.29 is 4.79 Å². The zero-order valence-electron chi connectivity index (χ0n) is 13.6. The lowest BCUT2D eigenvalue weighted by Gasteiger charge is -2.17. The van der Waals surface area contributed by atoms with Gasteiger partial charge in [0.05, 0.1) is 0 Å². The minimum absolute atomic E-state index is 0. The molecule has 3 nitrogen and oxygen atoms in total. The number of nitrogens with zero attached hydrogens (tertiary/aromatic N) is 1. The van der Waals surface area contributed by atoms with Crippen molar-refractivity contribution in [3.8, 4) is 0 Å². The van der Waals surface area contributed by atoms with Crippen molar-refractivity contribution in [3.05, 3.63) is 65.7 Å². The maximum absolute atomic E-state index is 12.6. The van der Waals surface area contributed by atoms with E-state index in [0.717, 1.165) is 36.4 Å². The van der Waals surface area contributed by atoms with Gasteiger partial charge < -0.3 is 10.6 Å². The van der Waals surface area contributed by atoms with Crippen molar-refractivity contribution in [2.45, 2.75) is 17.9 Å².